The van der Waals surface area contributed by atoms with E-state index in [9.17, 15) is 0 Å². The van der Waals surface area contributed by atoms with Crippen LogP contribution in [0.4, 0.5) is 0 Å². The first-order chi connectivity index (χ1) is 4.81. The third kappa shape index (κ3) is 6.81. The van der Waals surface area contributed by atoms with Crippen molar-refractivity contribution in [2.75, 3.05) is 24.6 Å². The lowest BCUT2D eigenvalue weighted by Gasteiger charge is -2.14. The van der Waals surface area contributed by atoms with Gasteiger partial charge in [-0.2, -0.15) is 0 Å². The van der Waals surface area contributed by atoms with Crippen LogP contribution in [0.15, 0.2) is 0 Å². The number of halogens is 1. The second-order valence-corrected chi connectivity index (χ2v) is 3.78. The minimum absolute atomic E-state index is 1.27. The Balaban J connectivity index is 3.00. The maximum Gasteiger partial charge on any atom is 0.000744 e. The Bertz CT molecular complexity index is 58.3. The molecule has 0 heterocycles. The van der Waals surface area contributed by atoms with Crippen molar-refractivity contribution < 1.29 is 0 Å². The Morgan fingerprint density at radius 2 is 1.80 bits per heavy atom. The van der Waals surface area contributed by atoms with Crippen LogP contribution >= 0.6 is 22.6 Å². The molecule has 0 fully saturated rings. The molecular formula is C8H18IN. The molecule has 0 N–H and O–H groups in total. The van der Waals surface area contributed by atoms with Crippen molar-refractivity contribution in [3.63, 3.8) is 0 Å². The lowest BCUT2D eigenvalue weighted by Crippen LogP contribution is -2.20. The third-order valence-electron chi connectivity index (χ3n) is 1.57. The average molecular weight is 255 g/mol. The number of alkyl halides is 1. The smallest absolute Gasteiger partial charge is 0.000744 e. The van der Waals surface area contributed by atoms with Gasteiger partial charge in [0.25, 0.3) is 0 Å². The highest BCUT2D eigenvalue weighted by atomic mass is 127. The highest BCUT2D eigenvalue weighted by molar-refractivity contribution is 14.1. The Labute approximate surface area is 78.3 Å². The zero-order valence-corrected chi connectivity index (χ0v) is 9.23. The number of rotatable bonds is 6. The highest BCUT2D eigenvalue weighted by Gasteiger charge is 1.94. The second-order valence-electron chi connectivity index (χ2n) is 2.70. The van der Waals surface area contributed by atoms with Crippen LogP contribution in [0.1, 0.15) is 26.2 Å². The quantitative estimate of drug-likeness (QED) is 0.520. The molecule has 0 saturated carbocycles. The van der Waals surface area contributed by atoms with E-state index in [0.717, 1.165) is 0 Å². The van der Waals surface area contributed by atoms with Crippen molar-refractivity contribution in [1.82, 2.24) is 4.90 Å². The fourth-order valence-electron chi connectivity index (χ4n) is 0.870. The van der Waals surface area contributed by atoms with E-state index in [0.29, 0.717) is 0 Å². The molecule has 0 saturated heterocycles. The number of hydrogen-bond acceptors (Lipinski definition) is 1. The molecule has 0 radical (unpaired) electrons. The minimum Gasteiger partial charge on any atom is -0.306 e. The van der Waals surface area contributed by atoms with Gasteiger partial charge in [-0.15, -0.1) is 0 Å². The third-order valence-corrected chi connectivity index (χ3v) is 2.33. The first-order valence-corrected chi connectivity index (χ1v) is 5.58. The van der Waals surface area contributed by atoms with E-state index in [1.807, 2.05) is 0 Å². The summed E-state index contributed by atoms with van der Waals surface area (Å²) in [4.78, 5) is 2.42. The minimum atomic E-state index is 1.27. The van der Waals surface area contributed by atoms with E-state index < -0.39 is 0 Å². The van der Waals surface area contributed by atoms with E-state index in [1.165, 1.54) is 36.8 Å². The SMILES string of the molecule is CCCCN(C)CCCI. The molecular weight excluding hydrogens is 237 g/mol. The topological polar surface area (TPSA) is 3.24 Å². The Kier molecular flexibility index (Phi) is 8.33. The summed E-state index contributed by atoms with van der Waals surface area (Å²) in [5.74, 6) is 0. The standard InChI is InChI=1S/C8H18IN/c1-3-4-7-10(2)8-5-6-9/h3-8H2,1-2H3. The normalized spacial score (nSPS) is 10.8. The molecule has 0 aromatic rings. The van der Waals surface area contributed by atoms with Crippen LogP contribution in [0.5, 0.6) is 0 Å². The lowest BCUT2D eigenvalue weighted by atomic mass is 10.3. The Morgan fingerprint density at radius 1 is 1.20 bits per heavy atom. The molecule has 0 spiro atoms. The Hall–Kier alpha value is 0.690. The molecule has 0 aliphatic rings. The van der Waals surface area contributed by atoms with E-state index >= 15 is 0 Å². The summed E-state index contributed by atoms with van der Waals surface area (Å²) < 4.78 is 1.29. The maximum absolute atomic E-state index is 2.43. The predicted molar refractivity (Wildman–Crippen MR) is 55.9 cm³/mol. The molecule has 0 aliphatic heterocycles. The molecule has 2 heteroatoms. The van der Waals surface area contributed by atoms with E-state index in [4.69, 9.17) is 0 Å². The van der Waals surface area contributed by atoms with Gasteiger partial charge >= 0.3 is 0 Å². The first kappa shape index (κ1) is 10.7. The van der Waals surface area contributed by atoms with Crippen LogP contribution < -0.4 is 0 Å². The molecule has 0 aliphatic carbocycles. The molecule has 62 valence electrons. The molecule has 0 unspecified atom stereocenters. The second kappa shape index (κ2) is 7.79. The van der Waals surface area contributed by atoms with Gasteiger partial charge in [-0.3, -0.25) is 0 Å². The molecule has 0 amide bonds. The lowest BCUT2D eigenvalue weighted by molar-refractivity contribution is 0.330. The monoisotopic (exact) mass is 255 g/mol. The predicted octanol–water partition coefficient (Wildman–Crippen LogP) is 2.54. The van der Waals surface area contributed by atoms with Gasteiger partial charge < -0.3 is 4.90 Å². The van der Waals surface area contributed by atoms with Crippen molar-refractivity contribution in [2.45, 2.75) is 26.2 Å². The number of hydrogen-bond donors (Lipinski definition) is 0. The van der Waals surface area contributed by atoms with Crippen LogP contribution in [0.3, 0.4) is 0 Å². The summed E-state index contributed by atoms with van der Waals surface area (Å²) >= 11 is 2.43. The van der Waals surface area contributed by atoms with Gasteiger partial charge in [0.1, 0.15) is 0 Å². The highest BCUT2D eigenvalue weighted by Crippen LogP contribution is 1.95. The molecule has 0 aromatic heterocycles. The summed E-state index contributed by atoms with van der Waals surface area (Å²) in [6.07, 6.45) is 3.99. The Morgan fingerprint density at radius 3 is 2.30 bits per heavy atom. The van der Waals surface area contributed by atoms with Gasteiger partial charge in [0, 0.05) is 4.43 Å². The molecule has 0 atom stereocenters. The average Bonchev–Trinajstić information content (AvgIpc) is 1.97. The zero-order valence-electron chi connectivity index (χ0n) is 7.07. The fourth-order valence-corrected chi connectivity index (χ4v) is 1.21. The fraction of sp³-hybridized carbons (Fsp3) is 1.00. The summed E-state index contributed by atoms with van der Waals surface area (Å²) in [6.45, 7) is 4.78. The van der Waals surface area contributed by atoms with E-state index in [1.54, 1.807) is 0 Å². The van der Waals surface area contributed by atoms with Crippen molar-refractivity contribution in [2.24, 2.45) is 0 Å². The largest absolute Gasteiger partial charge is 0.306 e. The van der Waals surface area contributed by atoms with Crippen molar-refractivity contribution >= 4 is 22.6 Å². The first-order valence-electron chi connectivity index (χ1n) is 4.05. The van der Waals surface area contributed by atoms with Gasteiger partial charge in [0.05, 0.1) is 0 Å². The zero-order chi connectivity index (χ0) is 7.82. The van der Waals surface area contributed by atoms with Crippen LogP contribution in [0.25, 0.3) is 0 Å². The summed E-state index contributed by atoms with van der Waals surface area (Å²) in [5, 5.41) is 0. The molecule has 0 aromatic carbocycles. The summed E-state index contributed by atoms with van der Waals surface area (Å²) in [6, 6.07) is 0. The van der Waals surface area contributed by atoms with Gasteiger partial charge in [0.2, 0.25) is 0 Å². The summed E-state index contributed by atoms with van der Waals surface area (Å²) in [7, 11) is 2.21. The van der Waals surface area contributed by atoms with Crippen LogP contribution in [-0.4, -0.2) is 29.5 Å². The molecule has 0 bridgehead atoms. The molecule has 0 rings (SSSR count). The van der Waals surface area contributed by atoms with Crippen LogP contribution in [0.2, 0.25) is 0 Å². The van der Waals surface area contributed by atoms with Crippen molar-refractivity contribution in [1.29, 1.82) is 0 Å². The van der Waals surface area contributed by atoms with Crippen LogP contribution in [0, 0.1) is 0 Å². The van der Waals surface area contributed by atoms with E-state index in [-0.39, 0.29) is 0 Å². The van der Waals surface area contributed by atoms with Crippen LogP contribution in [-0.2, 0) is 0 Å². The van der Waals surface area contributed by atoms with E-state index in [2.05, 4.69) is 41.5 Å². The summed E-state index contributed by atoms with van der Waals surface area (Å²) in [5.41, 5.74) is 0. The molecule has 1 nitrogen and oxygen atoms in total. The van der Waals surface area contributed by atoms with Crippen molar-refractivity contribution in [3.05, 3.63) is 0 Å². The van der Waals surface area contributed by atoms with Gasteiger partial charge in [-0.1, -0.05) is 35.9 Å². The number of nitrogens with zero attached hydrogens (tertiary/aromatic N) is 1. The van der Waals surface area contributed by atoms with Crippen molar-refractivity contribution in [3.8, 4) is 0 Å². The van der Waals surface area contributed by atoms with Gasteiger partial charge in [-0.05, 0) is 33.0 Å². The van der Waals surface area contributed by atoms with Gasteiger partial charge in [0.15, 0.2) is 0 Å². The maximum atomic E-state index is 2.43. The number of unbranched alkanes of at least 4 members (excludes halogenated alkanes) is 1. The molecule has 10 heavy (non-hydrogen) atoms. The van der Waals surface area contributed by atoms with Gasteiger partial charge in [-0.25, -0.2) is 0 Å².